The van der Waals surface area contributed by atoms with Gasteiger partial charge < -0.3 is 20.5 Å². The smallest absolute Gasteiger partial charge is 0.422 e. The topological polar surface area (TPSA) is 142 Å². The first-order valence-corrected chi connectivity index (χ1v) is 14.1. The van der Waals surface area contributed by atoms with Crippen LogP contribution in [-0.4, -0.2) is 57.6 Å². The van der Waals surface area contributed by atoms with Gasteiger partial charge in [0.2, 0.25) is 0 Å². The van der Waals surface area contributed by atoms with E-state index in [2.05, 4.69) is 20.7 Å². The maximum atomic E-state index is 13.8. The van der Waals surface area contributed by atoms with Gasteiger partial charge in [0.1, 0.15) is 17.5 Å². The number of nitriles is 1. The number of aliphatic hydroxyl groups is 1. The molecule has 0 saturated heterocycles. The van der Waals surface area contributed by atoms with Gasteiger partial charge in [-0.3, -0.25) is 9.59 Å². The zero-order valence-electron chi connectivity index (χ0n) is 23.1. The van der Waals surface area contributed by atoms with Gasteiger partial charge in [0.05, 0.1) is 29.0 Å². The molecule has 1 atom stereocenters. The van der Waals surface area contributed by atoms with Crippen molar-refractivity contribution < 1.29 is 32.6 Å². The third-order valence-corrected chi connectivity index (χ3v) is 8.76. The molecule has 3 heterocycles. The normalized spacial score (nSPS) is 20.3. The Morgan fingerprint density at radius 3 is 2.67 bits per heavy atom. The number of fused-ring (bicyclic) bond motifs is 3. The average Bonchev–Trinajstić information content (AvgIpc) is 3.71. The minimum atomic E-state index is -4.46. The summed E-state index contributed by atoms with van der Waals surface area (Å²) >= 11 is 0. The lowest BCUT2D eigenvalue weighted by Gasteiger charge is -2.35. The molecule has 43 heavy (non-hydrogen) atoms. The second kappa shape index (κ2) is 10.7. The number of carbonyl (C=O) groups is 2. The molecule has 0 radical (unpaired) electrons. The first-order valence-electron chi connectivity index (χ1n) is 14.1. The van der Waals surface area contributed by atoms with Crippen molar-refractivity contribution in [2.24, 2.45) is 5.41 Å². The molecule has 10 nitrogen and oxygen atoms in total. The molecule has 0 bridgehead atoms. The SMILES string of the molecule is N#Cc1ccc(-n2nc3c(c2C(=O)NCC2(CO)CCCC2)C(=O)N[C@@]2(CCc4cc(OCC(F)(F)F)ccc42)C3)nc1. The molecule has 1 fully saturated rings. The average molecular weight is 595 g/mol. The van der Waals surface area contributed by atoms with Gasteiger partial charge in [0.25, 0.3) is 11.8 Å². The van der Waals surface area contributed by atoms with Crippen LogP contribution in [0.15, 0.2) is 36.5 Å². The number of rotatable bonds is 7. The molecular formula is C30H29F3N6O4. The number of amides is 2. The highest BCUT2D eigenvalue weighted by Gasteiger charge is 2.47. The summed E-state index contributed by atoms with van der Waals surface area (Å²) in [4.78, 5) is 31.8. The summed E-state index contributed by atoms with van der Waals surface area (Å²) in [7, 11) is 0. The van der Waals surface area contributed by atoms with Crippen LogP contribution in [0.5, 0.6) is 5.75 Å². The molecule has 3 N–H and O–H groups in total. The zero-order chi connectivity index (χ0) is 30.4. The largest absolute Gasteiger partial charge is 0.484 e. The Labute approximate surface area is 244 Å². The van der Waals surface area contributed by atoms with Gasteiger partial charge in [-0.2, -0.15) is 23.5 Å². The third kappa shape index (κ3) is 5.31. The van der Waals surface area contributed by atoms with E-state index in [1.807, 2.05) is 6.07 Å². The van der Waals surface area contributed by atoms with Crippen molar-refractivity contribution >= 4 is 11.8 Å². The first-order chi connectivity index (χ1) is 20.6. The fourth-order valence-electron chi connectivity index (χ4n) is 6.55. The number of pyridine rings is 1. The number of alkyl halides is 3. The lowest BCUT2D eigenvalue weighted by Crippen LogP contribution is -2.50. The fraction of sp³-hybridized carbons (Fsp3) is 0.433. The molecule has 224 valence electrons. The van der Waals surface area contributed by atoms with E-state index in [-0.39, 0.29) is 42.4 Å². The van der Waals surface area contributed by atoms with Crippen LogP contribution >= 0.6 is 0 Å². The molecule has 1 spiro atoms. The molecule has 3 aromatic rings. The van der Waals surface area contributed by atoms with E-state index in [1.165, 1.54) is 23.0 Å². The van der Waals surface area contributed by atoms with Gasteiger partial charge in [0.15, 0.2) is 12.4 Å². The van der Waals surface area contributed by atoms with E-state index >= 15 is 0 Å². The molecule has 2 aliphatic carbocycles. The molecule has 13 heteroatoms. The Balaban J connectivity index is 1.35. The van der Waals surface area contributed by atoms with Crippen LogP contribution in [-0.2, 0) is 18.4 Å². The number of carbonyl (C=O) groups excluding carboxylic acids is 2. The minimum Gasteiger partial charge on any atom is -0.484 e. The van der Waals surface area contributed by atoms with E-state index in [0.29, 0.717) is 24.1 Å². The number of hydrogen-bond acceptors (Lipinski definition) is 7. The predicted molar refractivity (Wildman–Crippen MR) is 146 cm³/mol. The molecule has 1 aliphatic heterocycles. The second-order valence-corrected chi connectivity index (χ2v) is 11.6. The van der Waals surface area contributed by atoms with Crippen molar-refractivity contribution in [1.29, 1.82) is 5.26 Å². The van der Waals surface area contributed by atoms with Crippen LogP contribution in [0.2, 0.25) is 0 Å². The van der Waals surface area contributed by atoms with Crippen LogP contribution in [0.25, 0.3) is 5.82 Å². The lowest BCUT2D eigenvalue weighted by atomic mass is 9.82. The summed E-state index contributed by atoms with van der Waals surface area (Å²) in [6, 6.07) is 9.77. The van der Waals surface area contributed by atoms with Gasteiger partial charge in [-0.15, -0.1) is 0 Å². The summed E-state index contributed by atoms with van der Waals surface area (Å²) in [5, 5.41) is 29.9. The van der Waals surface area contributed by atoms with Crippen LogP contribution in [0.4, 0.5) is 13.2 Å². The van der Waals surface area contributed by atoms with E-state index in [4.69, 9.17) is 4.74 Å². The number of benzene rings is 1. The monoisotopic (exact) mass is 594 g/mol. The van der Waals surface area contributed by atoms with E-state index in [9.17, 15) is 33.1 Å². The van der Waals surface area contributed by atoms with Gasteiger partial charge in [-0.25, -0.2) is 9.67 Å². The summed E-state index contributed by atoms with van der Waals surface area (Å²) in [6.07, 6.45) is 1.60. The van der Waals surface area contributed by atoms with Crippen molar-refractivity contribution in [3.8, 4) is 17.6 Å². The highest BCUT2D eigenvalue weighted by atomic mass is 19.4. The number of halogens is 3. The van der Waals surface area contributed by atoms with Crippen LogP contribution in [0.3, 0.4) is 0 Å². The minimum absolute atomic E-state index is 0.000219. The Morgan fingerprint density at radius 2 is 2.00 bits per heavy atom. The highest BCUT2D eigenvalue weighted by molar-refractivity contribution is 6.08. The quantitative estimate of drug-likeness (QED) is 0.380. The lowest BCUT2D eigenvalue weighted by molar-refractivity contribution is -0.153. The van der Waals surface area contributed by atoms with Gasteiger partial charge >= 0.3 is 6.18 Å². The maximum Gasteiger partial charge on any atom is 0.422 e. The number of nitrogens with one attached hydrogen (secondary N) is 2. The number of aromatic nitrogens is 3. The Morgan fingerprint density at radius 1 is 1.21 bits per heavy atom. The summed E-state index contributed by atoms with van der Waals surface area (Å²) in [6.45, 7) is -1.23. The van der Waals surface area contributed by atoms with Crippen molar-refractivity contribution in [3.63, 3.8) is 0 Å². The molecular weight excluding hydrogens is 565 g/mol. The Kier molecular flexibility index (Phi) is 7.12. The number of nitrogens with zero attached hydrogens (tertiary/aromatic N) is 4. The van der Waals surface area contributed by atoms with E-state index in [1.54, 1.807) is 18.2 Å². The van der Waals surface area contributed by atoms with E-state index in [0.717, 1.165) is 36.8 Å². The molecule has 1 saturated carbocycles. The van der Waals surface area contributed by atoms with Crippen LogP contribution in [0.1, 0.15) is 75.3 Å². The molecule has 3 aliphatic rings. The summed E-state index contributed by atoms with van der Waals surface area (Å²) in [5.74, 6) is -0.705. The number of hydrogen-bond donors (Lipinski definition) is 3. The molecule has 6 rings (SSSR count). The molecule has 2 amide bonds. The maximum absolute atomic E-state index is 13.8. The van der Waals surface area contributed by atoms with Gasteiger partial charge in [0, 0.05) is 24.6 Å². The molecule has 1 aromatic carbocycles. The molecule has 0 unspecified atom stereocenters. The predicted octanol–water partition coefficient (Wildman–Crippen LogP) is 3.49. The fourth-order valence-corrected chi connectivity index (χ4v) is 6.55. The van der Waals surface area contributed by atoms with Gasteiger partial charge in [-0.1, -0.05) is 18.9 Å². The Bertz CT molecular complexity index is 1620. The van der Waals surface area contributed by atoms with Gasteiger partial charge in [-0.05, 0) is 61.1 Å². The van der Waals surface area contributed by atoms with E-state index < -0.39 is 35.6 Å². The van der Waals surface area contributed by atoms with Crippen LogP contribution in [0, 0.1) is 16.7 Å². The zero-order valence-corrected chi connectivity index (χ0v) is 23.1. The number of aryl methyl sites for hydroxylation is 1. The number of ether oxygens (including phenoxy) is 1. The summed E-state index contributed by atoms with van der Waals surface area (Å²) in [5.41, 5.74) is 1.04. The van der Waals surface area contributed by atoms with Crippen molar-refractivity contribution in [2.45, 2.75) is 56.7 Å². The number of aliphatic hydroxyl groups excluding tert-OH is 1. The first kappa shape index (κ1) is 28.7. The second-order valence-electron chi connectivity index (χ2n) is 11.6. The molecule has 2 aromatic heterocycles. The Hall–Kier alpha value is -4.44. The van der Waals surface area contributed by atoms with Crippen molar-refractivity contribution in [3.05, 3.63) is 70.2 Å². The van der Waals surface area contributed by atoms with Crippen molar-refractivity contribution in [1.82, 2.24) is 25.4 Å². The third-order valence-electron chi connectivity index (χ3n) is 8.76. The van der Waals surface area contributed by atoms with Crippen molar-refractivity contribution in [2.75, 3.05) is 19.8 Å². The highest BCUT2D eigenvalue weighted by Crippen LogP contribution is 2.44. The van der Waals surface area contributed by atoms with Crippen LogP contribution < -0.4 is 15.4 Å². The summed E-state index contributed by atoms with van der Waals surface area (Å²) < 4.78 is 44.2. The standard InChI is InChI=1S/C30H29F3N6O4/c31-30(32,33)17-43-20-4-5-21-19(11-20)7-10-29(21)12-22-24(26(41)37-29)25(27(42)36-15-28(16-40)8-1-2-9-28)39(38-22)23-6-3-18(13-34)14-35-23/h3-6,11,14,40H,1-2,7-10,12,15-17H2,(H,36,42)(H,37,41)/t29-/m0/s1.